The van der Waals surface area contributed by atoms with Gasteiger partial charge >= 0.3 is 5.69 Å². The summed E-state index contributed by atoms with van der Waals surface area (Å²) in [4.78, 5) is 15.2. The van der Waals surface area contributed by atoms with Crippen LogP contribution in [0.15, 0.2) is 53.1 Å². The zero-order valence-corrected chi connectivity index (χ0v) is 16.0. The van der Waals surface area contributed by atoms with E-state index in [9.17, 15) is 10.1 Å². The molecule has 0 spiro atoms. The lowest BCUT2D eigenvalue weighted by Gasteiger charge is -2.40. The molecule has 0 amide bonds. The van der Waals surface area contributed by atoms with Gasteiger partial charge in [0.15, 0.2) is 0 Å². The Morgan fingerprint density at radius 1 is 1.26 bits per heavy atom. The summed E-state index contributed by atoms with van der Waals surface area (Å²) in [5.74, 6) is 0. The molecule has 0 bridgehead atoms. The Bertz CT molecular complexity index is 1010. The van der Waals surface area contributed by atoms with Crippen LogP contribution in [0, 0.1) is 10.1 Å². The highest BCUT2D eigenvalue weighted by atomic mass is 79.9. The van der Waals surface area contributed by atoms with Crippen molar-refractivity contribution in [3.8, 4) is 0 Å². The normalized spacial score (nSPS) is 15.3. The number of halogens is 1. The first-order valence-electron chi connectivity index (χ1n) is 8.25. The molecule has 0 radical (unpaired) electrons. The van der Waals surface area contributed by atoms with Crippen molar-refractivity contribution < 1.29 is 14.4 Å². The first-order valence-corrected chi connectivity index (χ1v) is 9.05. The molecule has 3 aromatic rings. The minimum Gasteiger partial charge on any atom is -0.375 e. The van der Waals surface area contributed by atoms with E-state index in [1.54, 1.807) is 7.11 Å². The fourth-order valence-corrected chi connectivity index (χ4v) is 3.48. The van der Waals surface area contributed by atoms with E-state index in [-0.39, 0.29) is 5.69 Å². The minimum atomic E-state index is -0.435. The smallest absolute Gasteiger partial charge is 0.311 e. The molecule has 1 N–H and O–H groups in total. The van der Waals surface area contributed by atoms with Crippen molar-refractivity contribution in [2.24, 2.45) is 0 Å². The second-order valence-electron chi connectivity index (χ2n) is 6.33. The van der Waals surface area contributed by atoms with Crippen LogP contribution in [0.2, 0.25) is 0 Å². The van der Waals surface area contributed by atoms with Gasteiger partial charge in [0.05, 0.1) is 23.7 Å². The van der Waals surface area contributed by atoms with Crippen LogP contribution in [0.4, 0.5) is 17.1 Å². The van der Waals surface area contributed by atoms with Gasteiger partial charge in [-0.1, -0.05) is 28.1 Å². The highest BCUT2D eigenvalue weighted by Gasteiger charge is 2.40. The summed E-state index contributed by atoms with van der Waals surface area (Å²) < 4.78 is 11.7. The van der Waals surface area contributed by atoms with E-state index >= 15 is 0 Å². The molecule has 1 aliphatic heterocycles. The zero-order chi connectivity index (χ0) is 19.0. The van der Waals surface area contributed by atoms with Crippen LogP contribution in [-0.4, -0.2) is 30.2 Å². The van der Waals surface area contributed by atoms with Crippen molar-refractivity contribution in [3.63, 3.8) is 0 Å². The predicted molar refractivity (Wildman–Crippen MR) is 105 cm³/mol. The number of hydrogen-bond donors (Lipinski definition) is 1. The maximum atomic E-state index is 11.5. The lowest BCUT2D eigenvalue weighted by molar-refractivity contribution is -0.384. The Kier molecular flexibility index (Phi) is 4.55. The minimum absolute atomic E-state index is 0.0783. The van der Waals surface area contributed by atoms with Crippen LogP contribution in [0.5, 0.6) is 0 Å². The van der Waals surface area contributed by atoms with Gasteiger partial charge < -0.3 is 14.8 Å². The Morgan fingerprint density at radius 2 is 2.00 bits per heavy atom. The SMILES string of the molecule is COC1(c2ccc(Nc3c([N+](=O)[O-])cnc4ccc(Br)cc34)cc2)COC1. The summed E-state index contributed by atoms with van der Waals surface area (Å²) in [6, 6.07) is 13.1. The molecule has 1 saturated heterocycles. The van der Waals surface area contributed by atoms with Crippen molar-refractivity contribution >= 4 is 43.9 Å². The molecule has 0 unspecified atom stereocenters. The molecule has 1 fully saturated rings. The molecule has 4 rings (SSSR count). The molecular weight excluding hydrogens is 414 g/mol. The highest BCUT2D eigenvalue weighted by Crippen LogP contribution is 2.37. The molecule has 27 heavy (non-hydrogen) atoms. The van der Waals surface area contributed by atoms with E-state index < -0.39 is 10.5 Å². The summed E-state index contributed by atoms with van der Waals surface area (Å²) in [7, 11) is 1.67. The third-order valence-electron chi connectivity index (χ3n) is 4.75. The van der Waals surface area contributed by atoms with Gasteiger partial charge in [-0.3, -0.25) is 10.1 Å². The number of methoxy groups -OCH3 is 1. The topological polar surface area (TPSA) is 86.5 Å². The first kappa shape index (κ1) is 17.8. The number of fused-ring (bicyclic) bond motifs is 1. The number of pyridine rings is 1. The summed E-state index contributed by atoms with van der Waals surface area (Å²) in [6.45, 7) is 1.04. The van der Waals surface area contributed by atoms with Crippen LogP contribution >= 0.6 is 15.9 Å². The molecule has 1 aromatic heterocycles. The third-order valence-corrected chi connectivity index (χ3v) is 5.24. The second kappa shape index (κ2) is 6.88. The van der Waals surface area contributed by atoms with Gasteiger partial charge in [0.1, 0.15) is 17.5 Å². The number of nitrogens with one attached hydrogen (secondary N) is 1. The van der Waals surface area contributed by atoms with Crippen molar-refractivity contribution in [1.29, 1.82) is 0 Å². The average Bonchev–Trinajstić information content (AvgIpc) is 2.63. The Morgan fingerprint density at radius 3 is 2.59 bits per heavy atom. The number of ether oxygens (including phenoxy) is 2. The molecule has 0 aliphatic carbocycles. The molecule has 138 valence electrons. The van der Waals surface area contributed by atoms with Gasteiger partial charge in [0, 0.05) is 22.7 Å². The van der Waals surface area contributed by atoms with Gasteiger partial charge in [0.2, 0.25) is 0 Å². The fraction of sp³-hybridized carbons (Fsp3) is 0.211. The highest BCUT2D eigenvalue weighted by molar-refractivity contribution is 9.10. The average molecular weight is 430 g/mol. The van der Waals surface area contributed by atoms with Crippen LogP contribution in [0.25, 0.3) is 10.9 Å². The molecule has 0 saturated carbocycles. The van der Waals surface area contributed by atoms with E-state index in [0.29, 0.717) is 29.8 Å². The molecule has 8 heteroatoms. The molecule has 7 nitrogen and oxygen atoms in total. The summed E-state index contributed by atoms with van der Waals surface area (Å²) in [6.07, 6.45) is 1.28. The van der Waals surface area contributed by atoms with Gasteiger partial charge in [-0.2, -0.15) is 0 Å². The van der Waals surface area contributed by atoms with Crippen LogP contribution in [0.3, 0.4) is 0 Å². The van der Waals surface area contributed by atoms with E-state index in [1.807, 2.05) is 42.5 Å². The Labute approximate surface area is 163 Å². The van der Waals surface area contributed by atoms with E-state index in [2.05, 4.69) is 26.2 Å². The van der Waals surface area contributed by atoms with E-state index in [4.69, 9.17) is 9.47 Å². The van der Waals surface area contributed by atoms with Gasteiger partial charge in [0.25, 0.3) is 0 Å². The monoisotopic (exact) mass is 429 g/mol. The second-order valence-corrected chi connectivity index (χ2v) is 7.25. The van der Waals surface area contributed by atoms with Gasteiger partial charge in [-0.25, -0.2) is 4.98 Å². The number of hydrogen-bond acceptors (Lipinski definition) is 6. The van der Waals surface area contributed by atoms with Gasteiger partial charge in [-0.05, 0) is 35.9 Å². The van der Waals surface area contributed by atoms with Crippen molar-refractivity contribution in [2.45, 2.75) is 5.60 Å². The molecule has 1 aliphatic rings. The lowest BCUT2D eigenvalue weighted by Crippen LogP contribution is -2.48. The molecular formula is C19H16BrN3O4. The summed E-state index contributed by atoms with van der Waals surface area (Å²) in [5.41, 5.74) is 2.35. The predicted octanol–water partition coefficient (Wildman–Crippen LogP) is 4.52. The maximum Gasteiger partial charge on any atom is 0.311 e. The number of anilines is 2. The van der Waals surface area contributed by atoms with E-state index in [0.717, 1.165) is 15.7 Å². The first-order chi connectivity index (χ1) is 13.0. The quantitative estimate of drug-likeness (QED) is 0.473. The van der Waals surface area contributed by atoms with Gasteiger partial charge in [-0.15, -0.1) is 0 Å². The van der Waals surface area contributed by atoms with Crippen LogP contribution in [0.1, 0.15) is 5.56 Å². The lowest BCUT2D eigenvalue weighted by atomic mass is 9.91. The number of nitro groups is 1. The number of aromatic nitrogens is 1. The fourth-order valence-electron chi connectivity index (χ4n) is 3.12. The maximum absolute atomic E-state index is 11.5. The van der Waals surface area contributed by atoms with Crippen molar-refractivity contribution in [3.05, 3.63) is 68.8 Å². The summed E-state index contributed by atoms with van der Waals surface area (Å²) in [5, 5.41) is 15.3. The zero-order valence-electron chi connectivity index (χ0n) is 14.4. The largest absolute Gasteiger partial charge is 0.375 e. The Balaban J connectivity index is 1.73. The Hall–Kier alpha value is -2.55. The van der Waals surface area contributed by atoms with Crippen molar-refractivity contribution in [1.82, 2.24) is 4.98 Å². The number of nitrogens with zero attached hydrogens (tertiary/aromatic N) is 2. The molecule has 2 aromatic carbocycles. The van der Waals surface area contributed by atoms with Crippen LogP contribution < -0.4 is 5.32 Å². The summed E-state index contributed by atoms with van der Waals surface area (Å²) >= 11 is 3.42. The van der Waals surface area contributed by atoms with Crippen LogP contribution in [-0.2, 0) is 15.1 Å². The molecule has 2 heterocycles. The van der Waals surface area contributed by atoms with Crippen molar-refractivity contribution in [2.75, 3.05) is 25.6 Å². The number of rotatable bonds is 5. The standard InChI is InChI=1S/C19H16BrN3O4/c1-26-19(10-27-11-19)12-2-5-14(6-3-12)22-18-15-8-13(20)4-7-16(15)21-9-17(18)23(24)25/h2-9H,10-11H2,1H3,(H,21,22). The third kappa shape index (κ3) is 3.16. The molecule has 0 atom stereocenters. The van der Waals surface area contributed by atoms with E-state index in [1.165, 1.54) is 6.20 Å². The number of benzene rings is 2.